The van der Waals surface area contributed by atoms with E-state index in [4.69, 9.17) is 4.74 Å². The maximum atomic E-state index is 5.65. The lowest BCUT2D eigenvalue weighted by Gasteiger charge is -2.23. The Morgan fingerprint density at radius 1 is 0.889 bits per heavy atom. The summed E-state index contributed by atoms with van der Waals surface area (Å²) in [6, 6.07) is 0. The Kier molecular flexibility index (Phi) is 10.6. The topological polar surface area (TPSA) is 21.3 Å². The van der Waals surface area contributed by atoms with Crippen LogP contribution >= 0.6 is 0 Å². The Morgan fingerprint density at radius 2 is 1.50 bits per heavy atom. The van der Waals surface area contributed by atoms with Crippen LogP contribution in [-0.2, 0) is 4.74 Å². The number of hydrogen-bond donors (Lipinski definition) is 1. The Morgan fingerprint density at radius 3 is 2.06 bits per heavy atom. The third-order valence-corrected chi connectivity index (χ3v) is 3.83. The third-order valence-electron chi connectivity index (χ3n) is 3.83. The number of hydrogen-bond acceptors (Lipinski definition) is 2. The van der Waals surface area contributed by atoms with Gasteiger partial charge < -0.3 is 4.74 Å². The smallest absolute Gasteiger partial charge is 0.108 e. The second-order valence-corrected chi connectivity index (χ2v) is 5.64. The van der Waals surface area contributed by atoms with Crippen LogP contribution in [0.2, 0.25) is 0 Å². The van der Waals surface area contributed by atoms with Gasteiger partial charge in [-0.25, -0.2) is 0 Å². The zero-order chi connectivity index (χ0) is 12.9. The summed E-state index contributed by atoms with van der Waals surface area (Å²) < 4.78 is 5.65. The molecule has 0 spiro atoms. The van der Waals surface area contributed by atoms with Crippen LogP contribution in [0.15, 0.2) is 0 Å². The zero-order valence-electron chi connectivity index (χ0n) is 12.4. The Bertz CT molecular complexity index is 166. The molecule has 1 aliphatic rings. The van der Waals surface area contributed by atoms with Gasteiger partial charge in [0.25, 0.3) is 0 Å². The maximum absolute atomic E-state index is 5.65. The van der Waals surface area contributed by atoms with Gasteiger partial charge in [0.2, 0.25) is 0 Å². The van der Waals surface area contributed by atoms with Crippen LogP contribution in [0.25, 0.3) is 0 Å². The fourth-order valence-corrected chi connectivity index (χ4v) is 2.62. The zero-order valence-corrected chi connectivity index (χ0v) is 12.4. The molecule has 1 rings (SSSR count). The lowest BCUT2D eigenvalue weighted by atomic mass is 10.1. The van der Waals surface area contributed by atoms with Crippen LogP contribution in [0, 0.1) is 0 Å². The highest BCUT2D eigenvalue weighted by Gasteiger charge is 2.11. The number of rotatable bonds is 11. The van der Waals surface area contributed by atoms with Crippen LogP contribution < -0.4 is 5.32 Å². The molecule has 2 heteroatoms. The predicted molar refractivity (Wildman–Crippen MR) is 78.8 cm³/mol. The molecule has 108 valence electrons. The molecule has 0 aromatic carbocycles. The Labute approximate surface area is 114 Å². The first-order chi connectivity index (χ1) is 8.93. The van der Waals surface area contributed by atoms with Crippen LogP contribution in [0.4, 0.5) is 0 Å². The van der Waals surface area contributed by atoms with E-state index in [2.05, 4.69) is 12.2 Å². The molecule has 0 aromatic heterocycles. The van der Waals surface area contributed by atoms with E-state index in [1.54, 1.807) is 0 Å². The second kappa shape index (κ2) is 12.0. The molecule has 1 unspecified atom stereocenters. The summed E-state index contributed by atoms with van der Waals surface area (Å²) in [7, 11) is 0. The summed E-state index contributed by atoms with van der Waals surface area (Å²) in [4.78, 5) is 0. The van der Waals surface area contributed by atoms with Gasteiger partial charge in [-0.2, -0.15) is 0 Å². The summed E-state index contributed by atoms with van der Waals surface area (Å²) in [6.07, 6.45) is 16.9. The number of unbranched alkanes of at least 4 members (excludes halogenated alkanes) is 9. The van der Waals surface area contributed by atoms with E-state index in [1.807, 2.05) is 0 Å². The van der Waals surface area contributed by atoms with E-state index in [0.717, 1.165) is 13.2 Å². The van der Waals surface area contributed by atoms with Gasteiger partial charge in [-0.1, -0.05) is 64.7 Å². The van der Waals surface area contributed by atoms with E-state index in [1.165, 1.54) is 77.0 Å². The van der Waals surface area contributed by atoms with Gasteiger partial charge in [0.15, 0.2) is 0 Å². The van der Waals surface area contributed by atoms with Crippen molar-refractivity contribution in [2.75, 3.05) is 13.2 Å². The van der Waals surface area contributed by atoms with E-state index >= 15 is 0 Å². The molecule has 2 nitrogen and oxygen atoms in total. The van der Waals surface area contributed by atoms with Crippen molar-refractivity contribution in [1.29, 1.82) is 0 Å². The van der Waals surface area contributed by atoms with Crippen molar-refractivity contribution in [3.8, 4) is 0 Å². The van der Waals surface area contributed by atoms with E-state index < -0.39 is 0 Å². The third kappa shape index (κ3) is 8.93. The van der Waals surface area contributed by atoms with E-state index in [-0.39, 0.29) is 0 Å². The molecule has 1 N–H and O–H groups in total. The molecule has 1 aliphatic heterocycles. The first-order valence-electron chi connectivity index (χ1n) is 8.28. The molecule has 1 atom stereocenters. The normalized spacial score (nSPS) is 20.2. The summed E-state index contributed by atoms with van der Waals surface area (Å²) >= 11 is 0. The molecule has 1 saturated heterocycles. The summed E-state index contributed by atoms with van der Waals surface area (Å²) in [6.45, 7) is 4.38. The lowest BCUT2D eigenvalue weighted by molar-refractivity contribution is -0.00505. The molecule has 0 radical (unpaired) electrons. The van der Waals surface area contributed by atoms with Crippen molar-refractivity contribution in [2.24, 2.45) is 0 Å². The van der Waals surface area contributed by atoms with Crippen molar-refractivity contribution in [3.05, 3.63) is 0 Å². The first-order valence-corrected chi connectivity index (χ1v) is 8.28. The highest BCUT2D eigenvalue weighted by molar-refractivity contribution is 4.61. The molecular formula is C16H33NO. The van der Waals surface area contributed by atoms with Crippen LogP contribution in [-0.4, -0.2) is 19.4 Å². The van der Waals surface area contributed by atoms with Gasteiger partial charge in [-0.3, -0.25) is 5.32 Å². The fourth-order valence-electron chi connectivity index (χ4n) is 2.62. The predicted octanol–water partition coefficient (Wildman–Crippen LogP) is 4.63. The molecule has 18 heavy (non-hydrogen) atoms. The van der Waals surface area contributed by atoms with Gasteiger partial charge in [-0.15, -0.1) is 0 Å². The van der Waals surface area contributed by atoms with Gasteiger partial charge in [0.1, 0.15) is 6.23 Å². The Hall–Kier alpha value is -0.0800. The molecule has 1 fully saturated rings. The second-order valence-electron chi connectivity index (χ2n) is 5.64. The van der Waals surface area contributed by atoms with Crippen LogP contribution in [0.5, 0.6) is 0 Å². The molecular weight excluding hydrogens is 222 g/mol. The summed E-state index contributed by atoms with van der Waals surface area (Å²) in [5.74, 6) is 0. The number of ether oxygens (including phenoxy) is 1. The SMILES string of the molecule is CCCCCCCCCCCCC1NCCCO1. The first kappa shape index (κ1) is 16.0. The highest BCUT2D eigenvalue weighted by Crippen LogP contribution is 2.13. The summed E-state index contributed by atoms with van der Waals surface area (Å²) in [5, 5.41) is 3.43. The van der Waals surface area contributed by atoms with Gasteiger partial charge >= 0.3 is 0 Å². The van der Waals surface area contributed by atoms with Crippen molar-refractivity contribution in [3.63, 3.8) is 0 Å². The van der Waals surface area contributed by atoms with Crippen molar-refractivity contribution in [2.45, 2.75) is 90.2 Å². The minimum absolute atomic E-state index is 0.354. The summed E-state index contributed by atoms with van der Waals surface area (Å²) in [5.41, 5.74) is 0. The molecule has 1 heterocycles. The van der Waals surface area contributed by atoms with E-state index in [0.29, 0.717) is 6.23 Å². The molecule has 0 saturated carbocycles. The van der Waals surface area contributed by atoms with Crippen molar-refractivity contribution >= 4 is 0 Å². The standard InChI is InChI=1S/C16H33NO/c1-2-3-4-5-6-7-8-9-10-11-13-16-17-14-12-15-18-16/h16-17H,2-15H2,1H3. The van der Waals surface area contributed by atoms with E-state index in [9.17, 15) is 0 Å². The van der Waals surface area contributed by atoms with Crippen LogP contribution in [0.3, 0.4) is 0 Å². The molecule has 0 aliphatic carbocycles. The van der Waals surface area contributed by atoms with Gasteiger partial charge in [0, 0.05) is 6.61 Å². The Balaban J connectivity index is 1.73. The largest absolute Gasteiger partial charge is 0.363 e. The molecule has 0 amide bonds. The van der Waals surface area contributed by atoms with Crippen molar-refractivity contribution in [1.82, 2.24) is 5.32 Å². The quantitative estimate of drug-likeness (QED) is 0.543. The van der Waals surface area contributed by atoms with Crippen LogP contribution in [0.1, 0.15) is 84.0 Å². The average molecular weight is 255 g/mol. The monoisotopic (exact) mass is 255 g/mol. The fraction of sp³-hybridized carbons (Fsp3) is 1.00. The van der Waals surface area contributed by atoms with Gasteiger partial charge in [-0.05, 0) is 25.8 Å². The maximum Gasteiger partial charge on any atom is 0.108 e. The molecule has 0 aromatic rings. The van der Waals surface area contributed by atoms with Gasteiger partial charge in [0.05, 0.1) is 0 Å². The molecule has 0 bridgehead atoms. The minimum atomic E-state index is 0.354. The average Bonchev–Trinajstić information content (AvgIpc) is 2.42. The lowest BCUT2D eigenvalue weighted by Crippen LogP contribution is -2.37. The minimum Gasteiger partial charge on any atom is -0.363 e. The number of nitrogens with one attached hydrogen (secondary N) is 1. The van der Waals surface area contributed by atoms with Crippen molar-refractivity contribution < 1.29 is 4.74 Å². The highest BCUT2D eigenvalue weighted by atomic mass is 16.5.